The summed E-state index contributed by atoms with van der Waals surface area (Å²) in [4.78, 5) is 19.7. The Balaban J connectivity index is 2.22. The molecule has 7 heteroatoms. The lowest BCUT2D eigenvalue weighted by molar-refractivity contribution is 0.706. The van der Waals surface area contributed by atoms with Gasteiger partial charge in [0, 0.05) is 19.8 Å². The van der Waals surface area contributed by atoms with Gasteiger partial charge in [0.25, 0.3) is 0 Å². The first-order chi connectivity index (χ1) is 9.56. The molecule has 0 aliphatic carbocycles. The fraction of sp³-hybridized carbons (Fsp3) is 0.615. The average Bonchev–Trinajstić information content (AvgIpc) is 2.87. The maximum atomic E-state index is 11.9. The van der Waals surface area contributed by atoms with Gasteiger partial charge in [-0.25, -0.2) is 9.78 Å². The minimum absolute atomic E-state index is 0.145. The molecule has 0 radical (unpaired) electrons. The maximum Gasteiger partial charge on any atom is 0.330 e. The number of hydrogen-bond acceptors (Lipinski definition) is 4. The zero-order chi connectivity index (χ0) is 14.7. The van der Waals surface area contributed by atoms with Crippen molar-refractivity contribution >= 4 is 35.1 Å². The number of nitrogens with zero attached hydrogens (tertiary/aromatic N) is 3. The molecule has 0 saturated carbocycles. The van der Waals surface area contributed by atoms with E-state index in [9.17, 15) is 4.79 Å². The number of H-pyrrole nitrogens is 1. The second-order valence-corrected chi connectivity index (χ2v) is 6.33. The van der Waals surface area contributed by atoms with Crippen molar-refractivity contribution in [1.29, 1.82) is 0 Å². The molecule has 0 saturated heterocycles. The van der Waals surface area contributed by atoms with Crippen LogP contribution in [0.2, 0.25) is 0 Å². The molecular weight excluding hydrogens is 292 g/mol. The summed E-state index contributed by atoms with van der Waals surface area (Å²) < 4.78 is 3.50. The molecule has 0 aromatic carbocycles. The first-order valence-corrected chi connectivity index (χ1v) is 8.24. The van der Waals surface area contributed by atoms with Gasteiger partial charge in [0.05, 0.1) is 0 Å². The average molecular weight is 312 g/mol. The van der Waals surface area contributed by atoms with E-state index in [1.54, 1.807) is 25.9 Å². The van der Waals surface area contributed by atoms with E-state index in [1.165, 1.54) is 34.8 Å². The Morgan fingerprint density at radius 2 is 2.00 bits per heavy atom. The summed E-state index contributed by atoms with van der Waals surface area (Å²) in [5.74, 6) is 1.03. The van der Waals surface area contributed by atoms with Gasteiger partial charge in [-0.1, -0.05) is 50.2 Å². The van der Waals surface area contributed by atoms with E-state index in [4.69, 9.17) is 12.2 Å². The van der Waals surface area contributed by atoms with Gasteiger partial charge in [-0.3, -0.25) is 9.13 Å². The van der Waals surface area contributed by atoms with Gasteiger partial charge in [0.15, 0.2) is 10.8 Å². The Morgan fingerprint density at radius 1 is 1.25 bits per heavy atom. The molecule has 0 amide bonds. The molecular formula is C13H20N4OS2. The van der Waals surface area contributed by atoms with E-state index in [0.29, 0.717) is 10.3 Å². The standard InChI is InChI=1S/C13H20N4OS2/c1-4-5-6-7-8-20-12-14-9-10(15-12)16(2)13(18)17(3)11(9)19/h4-8H2,1-3H3,(H,14,15). The van der Waals surface area contributed by atoms with E-state index >= 15 is 0 Å². The van der Waals surface area contributed by atoms with Gasteiger partial charge < -0.3 is 4.98 Å². The Bertz CT molecular complexity index is 713. The fourth-order valence-electron chi connectivity index (χ4n) is 2.07. The summed E-state index contributed by atoms with van der Waals surface area (Å²) in [6, 6.07) is 0. The zero-order valence-corrected chi connectivity index (χ0v) is 13.7. The van der Waals surface area contributed by atoms with Crippen molar-refractivity contribution in [3.05, 3.63) is 15.1 Å². The Kier molecular flexibility index (Phi) is 5.04. The van der Waals surface area contributed by atoms with Crippen molar-refractivity contribution in [2.75, 3.05) is 5.75 Å². The molecule has 0 spiro atoms. The minimum Gasteiger partial charge on any atom is -0.329 e. The molecule has 5 nitrogen and oxygen atoms in total. The van der Waals surface area contributed by atoms with E-state index in [1.807, 2.05) is 0 Å². The van der Waals surface area contributed by atoms with Crippen molar-refractivity contribution in [1.82, 2.24) is 19.1 Å². The molecule has 0 atom stereocenters. The quantitative estimate of drug-likeness (QED) is 0.506. The summed E-state index contributed by atoms with van der Waals surface area (Å²) >= 11 is 6.98. The summed E-state index contributed by atoms with van der Waals surface area (Å²) in [5.41, 5.74) is 1.25. The molecule has 110 valence electrons. The Morgan fingerprint density at radius 3 is 2.70 bits per heavy atom. The van der Waals surface area contributed by atoms with E-state index in [2.05, 4.69) is 16.9 Å². The van der Waals surface area contributed by atoms with Crippen LogP contribution in [0.25, 0.3) is 11.2 Å². The van der Waals surface area contributed by atoms with Crippen LogP contribution < -0.4 is 5.69 Å². The SMILES string of the molecule is CCCCCCSc1nc2c([nH]1)c(=S)n(C)c(=O)n2C. The maximum absolute atomic E-state index is 11.9. The molecule has 0 aliphatic heterocycles. The Labute approximate surface area is 127 Å². The third-order valence-electron chi connectivity index (χ3n) is 3.31. The van der Waals surface area contributed by atoms with Gasteiger partial charge in [-0.2, -0.15) is 0 Å². The second-order valence-electron chi connectivity index (χ2n) is 4.86. The predicted molar refractivity (Wildman–Crippen MR) is 86.0 cm³/mol. The van der Waals surface area contributed by atoms with E-state index in [-0.39, 0.29) is 5.69 Å². The molecule has 2 rings (SSSR count). The van der Waals surface area contributed by atoms with Crippen LogP contribution in [-0.4, -0.2) is 24.9 Å². The first-order valence-electron chi connectivity index (χ1n) is 6.84. The van der Waals surface area contributed by atoms with Gasteiger partial charge in [0.2, 0.25) is 0 Å². The van der Waals surface area contributed by atoms with Crippen molar-refractivity contribution in [3.8, 4) is 0 Å². The van der Waals surface area contributed by atoms with Gasteiger partial charge >= 0.3 is 5.69 Å². The summed E-state index contributed by atoms with van der Waals surface area (Å²) in [7, 11) is 3.40. The number of unbranched alkanes of at least 4 members (excludes halogenated alkanes) is 3. The molecule has 0 fully saturated rings. The molecule has 2 aromatic rings. The Hall–Kier alpha value is -1.08. The zero-order valence-electron chi connectivity index (χ0n) is 12.1. The van der Waals surface area contributed by atoms with Crippen molar-refractivity contribution in [2.45, 2.75) is 37.8 Å². The van der Waals surface area contributed by atoms with Crippen molar-refractivity contribution in [3.63, 3.8) is 0 Å². The van der Waals surface area contributed by atoms with Crippen LogP contribution in [0.3, 0.4) is 0 Å². The number of hydrogen-bond donors (Lipinski definition) is 1. The number of fused-ring (bicyclic) bond motifs is 1. The minimum atomic E-state index is -0.145. The molecule has 2 heterocycles. The number of nitrogens with one attached hydrogen (secondary N) is 1. The fourth-order valence-corrected chi connectivity index (χ4v) is 3.16. The number of imidazole rings is 1. The van der Waals surface area contributed by atoms with Gasteiger partial charge in [0.1, 0.15) is 10.2 Å². The molecule has 0 bridgehead atoms. The normalized spacial score (nSPS) is 11.3. The topological polar surface area (TPSA) is 55.6 Å². The van der Waals surface area contributed by atoms with Crippen LogP contribution in [0.4, 0.5) is 0 Å². The van der Waals surface area contributed by atoms with Crippen LogP contribution >= 0.6 is 24.0 Å². The molecule has 20 heavy (non-hydrogen) atoms. The number of rotatable bonds is 6. The highest BCUT2D eigenvalue weighted by atomic mass is 32.2. The monoisotopic (exact) mass is 312 g/mol. The summed E-state index contributed by atoms with van der Waals surface area (Å²) in [6.45, 7) is 2.21. The van der Waals surface area contributed by atoms with Crippen LogP contribution in [-0.2, 0) is 14.1 Å². The van der Waals surface area contributed by atoms with Crippen LogP contribution in [0.15, 0.2) is 9.95 Å². The van der Waals surface area contributed by atoms with Crippen molar-refractivity contribution < 1.29 is 0 Å². The van der Waals surface area contributed by atoms with Crippen molar-refractivity contribution in [2.24, 2.45) is 14.1 Å². The highest BCUT2D eigenvalue weighted by Crippen LogP contribution is 2.20. The van der Waals surface area contributed by atoms with Gasteiger partial charge in [-0.15, -0.1) is 0 Å². The van der Waals surface area contributed by atoms with E-state index < -0.39 is 0 Å². The largest absolute Gasteiger partial charge is 0.330 e. The molecule has 0 aliphatic rings. The smallest absolute Gasteiger partial charge is 0.329 e. The highest BCUT2D eigenvalue weighted by Gasteiger charge is 2.11. The number of aromatic amines is 1. The summed E-state index contributed by atoms with van der Waals surface area (Å²) in [5, 5.41) is 0.837. The lowest BCUT2D eigenvalue weighted by Crippen LogP contribution is -2.27. The lowest BCUT2D eigenvalue weighted by atomic mass is 10.2. The third kappa shape index (κ3) is 2.98. The van der Waals surface area contributed by atoms with Crippen LogP contribution in [0.1, 0.15) is 32.6 Å². The first kappa shape index (κ1) is 15.3. The lowest BCUT2D eigenvalue weighted by Gasteiger charge is -2.02. The van der Waals surface area contributed by atoms with E-state index in [0.717, 1.165) is 16.4 Å². The molecule has 2 aromatic heterocycles. The second kappa shape index (κ2) is 6.58. The highest BCUT2D eigenvalue weighted by molar-refractivity contribution is 7.99. The molecule has 1 N–H and O–H groups in total. The molecule has 0 unspecified atom stereocenters. The number of aryl methyl sites for hydroxylation is 1. The third-order valence-corrected chi connectivity index (χ3v) is 4.75. The van der Waals surface area contributed by atoms with Crippen LogP contribution in [0, 0.1) is 4.64 Å². The predicted octanol–water partition coefficient (Wildman–Crippen LogP) is 3.00. The van der Waals surface area contributed by atoms with Gasteiger partial charge in [-0.05, 0) is 6.42 Å². The summed E-state index contributed by atoms with van der Waals surface area (Å²) in [6.07, 6.45) is 4.96. The van der Waals surface area contributed by atoms with Crippen LogP contribution in [0.5, 0.6) is 0 Å². The number of thioether (sulfide) groups is 1. The number of aromatic nitrogens is 4.